The van der Waals surface area contributed by atoms with Crippen LogP contribution in [0.2, 0.25) is 0 Å². The third-order valence-electron chi connectivity index (χ3n) is 4.33. The summed E-state index contributed by atoms with van der Waals surface area (Å²) < 4.78 is 2.72. The summed E-state index contributed by atoms with van der Waals surface area (Å²) in [5.41, 5.74) is 7.56. The zero-order valence-electron chi connectivity index (χ0n) is 16.3. The lowest BCUT2D eigenvalue weighted by molar-refractivity contribution is 0.0943. The first kappa shape index (κ1) is 19.9. The van der Waals surface area contributed by atoms with Gasteiger partial charge in [0.05, 0.1) is 10.6 Å². The number of benzene rings is 1. The number of aromatic nitrogens is 1. The molecule has 148 valence electrons. The van der Waals surface area contributed by atoms with E-state index in [4.69, 9.17) is 5.73 Å². The van der Waals surface area contributed by atoms with Crippen molar-refractivity contribution in [1.82, 2.24) is 14.8 Å². The van der Waals surface area contributed by atoms with Gasteiger partial charge in [-0.2, -0.15) is 0 Å². The van der Waals surface area contributed by atoms with Gasteiger partial charge in [0.2, 0.25) is 0 Å². The van der Waals surface area contributed by atoms with Crippen molar-refractivity contribution in [2.24, 2.45) is 7.05 Å². The second kappa shape index (κ2) is 8.45. The molecule has 0 atom stereocenters. The number of nitrogens with two attached hydrogens (primary N) is 1. The number of rotatable bonds is 7. The van der Waals surface area contributed by atoms with Crippen molar-refractivity contribution >= 4 is 44.6 Å². The maximum absolute atomic E-state index is 12.6. The van der Waals surface area contributed by atoms with Crippen molar-refractivity contribution in [2.45, 2.75) is 6.42 Å². The van der Waals surface area contributed by atoms with E-state index in [9.17, 15) is 9.59 Å². The van der Waals surface area contributed by atoms with E-state index < -0.39 is 0 Å². The van der Waals surface area contributed by atoms with Gasteiger partial charge >= 0.3 is 0 Å². The van der Waals surface area contributed by atoms with E-state index in [0.717, 1.165) is 23.1 Å². The zero-order valence-corrected chi connectivity index (χ0v) is 17.1. The van der Waals surface area contributed by atoms with Crippen LogP contribution in [0.4, 0.5) is 11.4 Å². The fourth-order valence-electron chi connectivity index (χ4n) is 2.91. The normalized spacial score (nSPS) is 11.1. The molecule has 3 rings (SSSR count). The van der Waals surface area contributed by atoms with Crippen LogP contribution in [0.1, 0.15) is 26.6 Å². The molecule has 0 saturated carbocycles. The molecule has 3 aromatic rings. The van der Waals surface area contributed by atoms with Crippen LogP contribution in [-0.2, 0) is 7.05 Å². The molecule has 4 N–H and O–H groups in total. The van der Waals surface area contributed by atoms with E-state index in [1.807, 2.05) is 38.4 Å². The first-order valence-corrected chi connectivity index (χ1v) is 9.85. The Kier molecular flexibility index (Phi) is 6.01. The number of hydrogen-bond donors (Lipinski definition) is 3. The monoisotopic (exact) mass is 399 g/mol. The molecular formula is C20H25N5O2S. The maximum atomic E-state index is 12.6. The molecule has 0 fully saturated rings. The molecule has 8 heteroatoms. The highest BCUT2D eigenvalue weighted by molar-refractivity contribution is 7.20. The number of carbonyl (C=O) groups excluding carboxylic acids is 2. The van der Waals surface area contributed by atoms with Gasteiger partial charge in [-0.25, -0.2) is 0 Å². The Morgan fingerprint density at radius 3 is 2.71 bits per heavy atom. The Labute approximate surface area is 168 Å². The van der Waals surface area contributed by atoms with E-state index in [1.54, 1.807) is 23.9 Å². The SMILES string of the molecule is CN(C)CCCNC(=O)c1cc(NC(=O)c2cc3cc(N)ccc3s2)cn1C. The third kappa shape index (κ3) is 4.71. The summed E-state index contributed by atoms with van der Waals surface area (Å²) in [4.78, 5) is 27.6. The second-order valence-corrected chi connectivity index (χ2v) is 8.08. The van der Waals surface area contributed by atoms with E-state index in [2.05, 4.69) is 15.5 Å². The number of nitrogen functional groups attached to an aromatic ring is 1. The van der Waals surface area contributed by atoms with Gasteiger partial charge in [-0.05, 0) is 62.8 Å². The lowest BCUT2D eigenvalue weighted by Gasteiger charge is -2.10. The Hall–Kier alpha value is -2.84. The standard InChI is InChI=1S/C20H25N5O2S/c1-24(2)8-4-7-22-19(26)16-11-15(12-25(16)3)23-20(27)18-10-13-9-14(21)5-6-17(13)28-18/h5-6,9-12H,4,7-8,21H2,1-3H3,(H,22,26)(H,23,27). The van der Waals surface area contributed by atoms with Crippen molar-refractivity contribution in [3.63, 3.8) is 0 Å². The molecule has 2 heterocycles. The summed E-state index contributed by atoms with van der Waals surface area (Å²) in [5, 5.41) is 6.72. The maximum Gasteiger partial charge on any atom is 0.267 e. The van der Waals surface area contributed by atoms with Crippen molar-refractivity contribution in [3.8, 4) is 0 Å². The van der Waals surface area contributed by atoms with Gasteiger partial charge in [-0.15, -0.1) is 11.3 Å². The molecule has 2 amide bonds. The van der Waals surface area contributed by atoms with E-state index in [0.29, 0.717) is 28.5 Å². The minimum absolute atomic E-state index is 0.154. The van der Waals surface area contributed by atoms with E-state index in [-0.39, 0.29) is 11.8 Å². The Morgan fingerprint density at radius 2 is 1.96 bits per heavy atom. The molecule has 28 heavy (non-hydrogen) atoms. The van der Waals surface area contributed by atoms with Crippen molar-refractivity contribution in [3.05, 3.63) is 47.1 Å². The molecule has 2 aromatic heterocycles. The summed E-state index contributed by atoms with van der Waals surface area (Å²) >= 11 is 1.41. The molecule has 0 spiro atoms. The molecule has 1 aromatic carbocycles. The topological polar surface area (TPSA) is 92.4 Å². The number of nitrogens with zero attached hydrogens (tertiary/aromatic N) is 2. The molecule has 7 nitrogen and oxygen atoms in total. The van der Waals surface area contributed by atoms with Crippen molar-refractivity contribution in [2.75, 3.05) is 38.2 Å². The van der Waals surface area contributed by atoms with Crippen LogP contribution in [0.5, 0.6) is 0 Å². The van der Waals surface area contributed by atoms with Gasteiger partial charge in [-0.3, -0.25) is 9.59 Å². The number of thiophene rings is 1. The zero-order chi connectivity index (χ0) is 20.3. The highest BCUT2D eigenvalue weighted by atomic mass is 32.1. The quantitative estimate of drug-likeness (QED) is 0.421. The Morgan fingerprint density at radius 1 is 1.18 bits per heavy atom. The number of carbonyl (C=O) groups is 2. The van der Waals surface area contributed by atoms with Crippen LogP contribution >= 0.6 is 11.3 Å². The van der Waals surface area contributed by atoms with E-state index >= 15 is 0 Å². The largest absolute Gasteiger partial charge is 0.399 e. The molecule has 0 radical (unpaired) electrons. The van der Waals surface area contributed by atoms with Crippen molar-refractivity contribution in [1.29, 1.82) is 0 Å². The molecule has 0 saturated heterocycles. The fraction of sp³-hybridized carbons (Fsp3) is 0.300. The summed E-state index contributed by atoms with van der Waals surface area (Å²) in [6.07, 6.45) is 2.61. The molecular weight excluding hydrogens is 374 g/mol. The average Bonchev–Trinajstić information content (AvgIpc) is 3.21. The predicted octanol–water partition coefficient (Wildman–Crippen LogP) is 2.76. The van der Waals surface area contributed by atoms with Gasteiger partial charge in [0.1, 0.15) is 5.69 Å². The Bertz CT molecular complexity index is 1010. The number of fused-ring (bicyclic) bond motifs is 1. The predicted molar refractivity (Wildman–Crippen MR) is 115 cm³/mol. The lowest BCUT2D eigenvalue weighted by atomic mass is 10.2. The van der Waals surface area contributed by atoms with Crippen molar-refractivity contribution < 1.29 is 9.59 Å². The molecule has 0 aliphatic rings. The highest BCUT2D eigenvalue weighted by Crippen LogP contribution is 2.28. The minimum atomic E-state index is -0.205. The van der Waals surface area contributed by atoms with E-state index in [1.165, 1.54) is 11.3 Å². The molecule has 0 aliphatic carbocycles. The smallest absolute Gasteiger partial charge is 0.267 e. The third-order valence-corrected chi connectivity index (χ3v) is 5.44. The van der Waals surface area contributed by atoms with Crippen LogP contribution in [0.15, 0.2) is 36.5 Å². The van der Waals surface area contributed by atoms with Crippen LogP contribution < -0.4 is 16.4 Å². The summed E-state index contributed by atoms with van der Waals surface area (Å²) in [7, 11) is 5.78. The number of hydrogen-bond acceptors (Lipinski definition) is 5. The number of anilines is 2. The van der Waals surface area contributed by atoms with Gasteiger partial charge < -0.3 is 25.8 Å². The first-order valence-electron chi connectivity index (χ1n) is 9.03. The molecule has 0 bridgehead atoms. The average molecular weight is 400 g/mol. The minimum Gasteiger partial charge on any atom is -0.399 e. The van der Waals surface area contributed by atoms with Gasteiger partial charge in [0.15, 0.2) is 0 Å². The number of aryl methyl sites for hydroxylation is 1. The van der Waals surface area contributed by atoms with Crippen LogP contribution in [-0.4, -0.2) is 48.5 Å². The summed E-state index contributed by atoms with van der Waals surface area (Å²) in [6, 6.07) is 9.09. The number of nitrogens with one attached hydrogen (secondary N) is 2. The molecule has 0 unspecified atom stereocenters. The van der Waals surface area contributed by atoms with Crippen LogP contribution in [0.25, 0.3) is 10.1 Å². The molecule has 0 aliphatic heterocycles. The van der Waals surface area contributed by atoms with Gasteiger partial charge in [0, 0.05) is 30.2 Å². The fourth-order valence-corrected chi connectivity index (χ4v) is 3.85. The lowest BCUT2D eigenvalue weighted by Crippen LogP contribution is -2.28. The van der Waals surface area contributed by atoms with Crippen LogP contribution in [0.3, 0.4) is 0 Å². The first-order chi connectivity index (χ1) is 13.3. The highest BCUT2D eigenvalue weighted by Gasteiger charge is 2.15. The summed E-state index contributed by atoms with van der Waals surface area (Å²) in [6.45, 7) is 1.52. The number of amides is 2. The van der Waals surface area contributed by atoms with Crippen LogP contribution in [0, 0.1) is 0 Å². The van der Waals surface area contributed by atoms with Gasteiger partial charge in [0.25, 0.3) is 11.8 Å². The summed E-state index contributed by atoms with van der Waals surface area (Å²) in [5.74, 6) is -0.359. The van der Waals surface area contributed by atoms with Gasteiger partial charge in [-0.1, -0.05) is 0 Å². The second-order valence-electron chi connectivity index (χ2n) is 7.00. The Balaban J connectivity index is 1.65.